The second kappa shape index (κ2) is 5.77. The van der Waals surface area contributed by atoms with Crippen LogP contribution in [0.3, 0.4) is 0 Å². The van der Waals surface area contributed by atoms with Crippen LogP contribution in [0.1, 0.15) is 33.9 Å². The molecule has 0 bridgehead atoms. The molecule has 0 aromatic heterocycles. The number of nitrogens with one attached hydrogen (secondary N) is 1. The van der Waals surface area contributed by atoms with Gasteiger partial charge in [0.2, 0.25) is 0 Å². The number of hydrogen-bond donors (Lipinski definition) is 1. The van der Waals surface area contributed by atoms with E-state index in [1.807, 2.05) is 14.0 Å². The molecule has 2 aromatic carbocycles. The highest BCUT2D eigenvalue weighted by Crippen LogP contribution is 2.27. The van der Waals surface area contributed by atoms with Crippen LogP contribution in [0, 0.1) is 20.8 Å². The lowest BCUT2D eigenvalue weighted by molar-refractivity contribution is 0.690. The molecule has 0 saturated carbocycles. The summed E-state index contributed by atoms with van der Waals surface area (Å²) in [4.78, 5) is 0. The van der Waals surface area contributed by atoms with Gasteiger partial charge in [-0.05, 0) is 50.6 Å². The molecule has 0 fully saturated rings. The van der Waals surface area contributed by atoms with Gasteiger partial charge in [-0.15, -0.1) is 0 Å². The minimum Gasteiger partial charge on any atom is -0.309 e. The van der Waals surface area contributed by atoms with Crippen LogP contribution in [0.2, 0.25) is 5.02 Å². The summed E-state index contributed by atoms with van der Waals surface area (Å²) in [5.74, 6) is 0. The summed E-state index contributed by atoms with van der Waals surface area (Å²) in [5.41, 5.74) is 6.16. The van der Waals surface area contributed by atoms with E-state index in [-0.39, 0.29) is 6.04 Å². The minimum atomic E-state index is 0.177. The van der Waals surface area contributed by atoms with Gasteiger partial charge in [0, 0.05) is 5.02 Å². The number of aryl methyl sites for hydroxylation is 3. The molecule has 0 saturated heterocycles. The molecule has 1 atom stereocenters. The Kier molecular flexibility index (Phi) is 4.28. The van der Waals surface area contributed by atoms with E-state index >= 15 is 0 Å². The van der Waals surface area contributed by atoms with E-state index in [1.165, 1.54) is 22.3 Å². The Bertz CT molecular complexity index is 570. The Morgan fingerprint density at radius 3 is 2.05 bits per heavy atom. The summed E-state index contributed by atoms with van der Waals surface area (Å²) in [6.07, 6.45) is 0. The number of halogens is 1. The van der Waals surface area contributed by atoms with Crippen LogP contribution < -0.4 is 5.32 Å². The Labute approximate surface area is 120 Å². The molecule has 19 heavy (non-hydrogen) atoms. The van der Waals surface area contributed by atoms with Crippen molar-refractivity contribution in [2.75, 3.05) is 7.05 Å². The molecule has 0 aliphatic heterocycles. The molecule has 2 heteroatoms. The van der Waals surface area contributed by atoms with Crippen LogP contribution in [0.25, 0.3) is 0 Å². The molecular formula is C17H20ClN. The van der Waals surface area contributed by atoms with Crippen molar-refractivity contribution in [1.82, 2.24) is 5.32 Å². The molecular weight excluding hydrogens is 254 g/mol. The lowest BCUT2D eigenvalue weighted by Crippen LogP contribution is -2.18. The SMILES string of the molecule is CNC(c1cc(C)cc(C)c1)c1ccc(C)c(Cl)c1. The monoisotopic (exact) mass is 273 g/mol. The van der Waals surface area contributed by atoms with Gasteiger partial charge in [-0.2, -0.15) is 0 Å². The molecule has 1 N–H and O–H groups in total. The molecule has 1 nitrogen and oxygen atoms in total. The maximum Gasteiger partial charge on any atom is 0.0575 e. The number of hydrogen-bond acceptors (Lipinski definition) is 1. The van der Waals surface area contributed by atoms with Crippen molar-refractivity contribution in [1.29, 1.82) is 0 Å². The van der Waals surface area contributed by atoms with Crippen molar-refractivity contribution in [3.05, 3.63) is 69.2 Å². The van der Waals surface area contributed by atoms with Crippen molar-refractivity contribution < 1.29 is 0 Å². The summed E-state index contributed by atoms with van der Waals surface area (Å²) in [6.45, 7) is 6.29. The molecule has 2 rings (SSSR count). The van der Waals surface area contributed by atoms with E-state index in [0.29, 0.717) is 0 Å². The maximum atomic E-state index is 6.24. The van der Waals surface area contributed by atoms with Gasteiger partial charge >= 0.3 is 0 Å². The van der Waals surface area contributed by atoms with Crippen molar-refractivity contribution >= 4 is 11.6 Å². The van der Waals surface area contributed by atoms with E-state index in [4.69, 9.17) is 11.6 Å². The summed E-state index contributed by atoms with van der Waals surface area (Å²) >= 11 is 6.24. The zero-order valence-corrected chi connectivity index (χ0v) is 12.7. The summed E-state index contributed by atoms with van der Waals surface area (Å²) < 4.78 is 0. The quantitative estimate of drug-likeness (QED) is 0.863. The topological polar surface area (TPSA) is 12.0 Å². The summed E-state index contributed by atoms with van der Waals surface area (Å²) in [6, 6.07) is 13.1. The average molecular weight is 274 g/mol. The van der Waals surface area contributed by atoms with Gasteiger partial charge in [-0.25, -0.2) is 0 Å². The van der Waals surface area contributed by atoms with E-state index in [1.54, 1.807) is 0 Å². The molecule has 0 aliphatic rings. The van der Waals surface area contributed by atoms with Gasteiger partial charge in [0.25, 0.3) is 0 Å². The van der Waals surface area contributed by atoms with Crippen molar-refractivity contribution in [2.45, 2.75) is 26.8 Å². The molecule has 0 amide bonds. The Hall–Kier alpha value is -1.31. The molecule has 1 unspecified atom stereocenters. The van der Waals surface area contributed by atoms with Gasteiger partial charge in [0.15, 0.2) is 0 Å². The zero-order valence-electron chi connectivity index (χ0n) is 11.9. The second-order valence-corrected chi connectivity index (χ2v) is 5.56. The average Bonchev–Trinajstić information content (AvgIpc) is 2.33. The minimum absolute atomic E-state index is 0.177. The van der Waals surface area contributed by atoms with Crippen molar-refractivity contribution in [3.8, 4) is 0 Å². The van der Waals surface area contributed by atoms with Crippen molar-refractivity contribution in [3.63, 3.8) is 0 Å². The fourth-order valence-corrected chi connectivity index (χ4v) is 2.68. The first-order chi connectivity index (χ1) is 9.01. The highest BCUT2D eigenvalue weighted by molar-refractivity contribution is 6.31. The first-order valence-corrected chi connectivity index (χ1v) is 6.90. The summed E-state index contributed by atoms with van der Waals surface area (Å²) in [5, 5.41) is 4.20. The third kappa shape index (κ3) is 3.17. The first kappa shape index (κ1) is 14.1. The van der Waals surface area contributed by atoms with Crippen LogP contribution in [-0.4, -0.2) is 7.05 Å². The third-order valence-corrected chi connectivity index (χ3v) is 3.80. The van der Waals surface area contributed by atoms with E-state index < -0.39 is 0 Å². The van der Waals surface area contributed by atoms with Gasteiger partial charge in [0.1, 0.15) is 0 Å². The fourth-order valence-electron chi connectivity index (χ4n) is 2.49. The maximum absolute atomic E-state index is 6.24. The largest absolute Gasteiger partial charge is 0.309 e. The van der Waals surface area contributed by atoms with E-state index in [2.05, 4.69) is 55.6 Å². The van der Waals surface area contributed by atoms with Gasteiger partial charge in [0.05, 0.1) is 6.04 Å². The van der Waals surface area contributed by atoms with Gasteiger partial charge in [-0.1, -0.05) is 53.1 Å². The number of benzene rings is 2. The van der Waals surface area contributed by atoms with Gasteiger partial charge in [-0.3, -0.25) is 0 Å². The molecule has 100 valence electrons. The molecule has 0 aliphatic carbocycles. The normalized spacial score (nSPS) is 12.5. The fraction of sp³-hybridized carbons (Fsp3) is 0.294. The van der Waals surface area contributed by atoms with Crippen LogP contribution in [-0.2, 0) is 0 Å². The third-order valence-electron chi connectivity index (χ3n) is 3.40. The van der Waals surface area contributed by atoms with Crippen LogP contribution in [0.4, 0.5) is 0 Å². The van der Waals surface area contributed by atoms with Gasteiger partial charge < -0.3 is 5.32 Å². The second-order valence-electron chi connectivity index (χ2n) is 5.15. The predicted molar refractivity (Wildman–Crippen MR) is 83.0 cm³/mol. The molecule has 0 radical (unpaired) electrons. The smallest absolute Gasteiger partial charge is 0.0575 e. The van der Waals surface area contributed by atoms with Crippen LogP contribution >= 0.6 is 11.6 Å². The highest BCUT2D eigenvalue weighted by Gasteiger charge is 2.13. The van der Waals surface area contributed by atoms with E-state index in [0.717, 1.165) is 10.6 Å². The Morgan fingerprint density at radius 2 is 1.53 bits per heavy atom. The lowest BCUT2D eigenvalue weighted by atomic mass is 9.95. The zero-order chi connectivity index (χ0) is 14.0. The van der Waals surface area contributed by atoms with E-state index in [9.17, 15) is 0 Å². The van der Waals surface area contributed by atoms with Crippen molar-refractivity contribution in [2.24, 2.45) is 0 Å². The summed E-state index contributed by atoms with van der Waals surface area (Å²) in [7, 11) is 1.98. The molecule has 0 spiro atoms. The molecule has 0 heterocycles. The Balaban J connectivity index is 2.46. The van der Waals surface area contributed by atoms with Crippen LogP contribution in [0.5, 0.6) is 0 Å². The first-order valence-electron chi connectivity index (χ1n) is 6.53. The number of rotatable bonds is 3. The highest BCUT2D eigenvalue weighted by atomic mass is 35.5. The molecule has 2 aromatic rings. The predicted octanol–water partition coefficient (Wildman–Crippen LogP) is 4.57. The van der Waals surface area contributed by atoms with Crippen LogP contribution in [0.15, 0.2) is 36.4 Å². The lowest BCUT2D eigenvalue weighted by Gasteiger charge is -2.19. The standard InChI is InChI=1S/C17H20ClN/c1-11-7-12(2)9-15(8-11)17(19-4)14-6-5-13(3)16(18)10-14/h5-10,17,19H,1-4H3. The Morgan fingerprint density at radius 1 is 0.895 bits per heavy atom.